The number of hydrogen-bond acceptors (Lipinski definition) is 5. The number of carbonyl (C=O) groups is 1. The Kier molecular flexibility index (Phi) is 6.37. The fourth-order valence-electron chi connectivity index (χ4n) is 3.07. The third-order valence-corrected chi connectivity index (χ3v) is 5.62. The Labute approximate surface area is 156 Å². The maximum absolute atomic E-state index is 12.1. The second kappa shape index (κ2) is 8.72. The number of benzene rings is 1. The van der Waals surface area contributed by atoms with Gasteiger partial charge in [-0.3, -0.25) is 4.79 Å². The van der Waals surface area contributed by atoms with Crippen molar-refractivity contribution in [3.63, 3.8) is 0 Å². The molecule has 2 unspecified atom stereocenters. The smallest absolute Gasteiger partial charge is 0.236 e. The van der Waals surface area contributed by atoms with Crippen LogP contribution < -0.4 is 5.32 Å². The Bertz CT molecular complexity index is 722. The van der Waals surface area contributed by atoms with Crippen molar-refractivity contribution in [3.8, 4) is 11.4 Å². The Morgan fingerprint density at radius 1 is 1.40 bits per heavy atom. The fourth-order valence-corrected chi connectivity index (χ4v) is 3.92. The highest BCUT2D eigenvalue weighted by Crippen LogP contribution is 2.24. The number of amides is 1. The predicted octanol–water partition coefficient (Wildman–Crippen LogP) is 4.32. The highest BCUT2D eigenvalue weighted by Gasteiger charge is 2.22. The van der Waals surface area contributed by atoms with Crippen LogP contribution in [0.15, 0.2) is 28.8 Å². The highest BCUT2D eigenvalue weighted by atomic mass is 35.5. The van der Waals surface area contributed by atoms with Crippen molar-refractivity contribution in [3.05, 3.63) is 35.2 Å². The van der Waals surface area contributed by atoms with Crippen molar-refractivity contribution >= 4 is 29.3 Å². The zero-order valence-corrected chi connectivity index (χ0v) is 15.8. The van der Waals surface area contributed by atoms with E-state index in [9.17, 15) is 4.79 Å². The van der Waals surface area contributed by atoms with E-state index < -0.39 is 0 Å². The summed E-state index contributed by atoms with van der Waals surface area (Å²) >= 11 is 7.46. The van der Waals surface area contributed by atoms with Crippen molar-refractivity contribution < 1.29 is 9.32 Å². The lowest BCUT2D eigenvalue weighted by molar-refractivity contribution is -0.119. The summed E-state index contributed by atoms with van der Waals surface area (Å²) < 4.78 is 5.25. The molecule has 0 saturated heterocycles. The molecule has 1 fully saturated rings. The van der Waals surface area contributed by atoms with Gasteiger partial charge in [0.1, 0.15) is 0 Å². The molecule has 1 aliphatic carbocycles. The molecule has 0 aliphatic heterocycles. The monoisotopic (exact) mass is 379 g/mol. The lowest BCUT2D eigenvalue weighted by Gasteiger charge is -2.29. The van der Waals surface area contributed by atoms with E-state index in [1.165, 1.54) is 31.0 Å². The van der Waals surface area contributed by atoms with Crippen LogP contribution in [0.5, 0.6) is 0 Å². The standard InChI is InChI=1S/C18H22ClN3O2S/c1-12-5-2-3-8-15(12)20-16(23)10-25-11-17-21-18(22-24-17)13-6-4-7-14(19)9-13/h4,6-7,9,12,15H,2-3,5,8,10-11H2,1H3,(H,20,23). The van der Waals surface area contributed by atoms with Gasteiger partial charge in [-0.15, -0.1) is 11.8 Å². The summed E-state index contributed by atoms with van der Waals surface area (Å²) in [5.74, 6) is 2.59. The summed E-state index contributed by atoms with van der Waals surface area (Å²) in [6.45, 7) is 2.22. The molecular formula is C18H22ClN3O2S. The molecule has 1 heterocycles. The number of nitrogens with one attached hydrogen (secondary N) is 1. The first-order chi connectivity index (χ1) is 12.1. The number of hydrogen-bond donors (Lipinski definition) is 1. The lowest BCUT2D eigenvalue weighted by Crippen LogP contribution is -2.41. The van der Waals surface area contributed by atoms with Crippen LogP contribution in [0.2, 0.25) is 5.02 Å². The minimum absolute atomic E-state index is 0.0818. The molecule has 1 N–H and O–H groups in total. The highest BCUT2D eigenvalue weighted by molar-refractivity contribution is 7.99. The maximum Gasteiger partial charge on any atom is 0.236 e. The zero-order chi connectivity index (χ0) is 17.6. The second-order valence-electron chi connectivity index (χ2n) is 6.45. The average Bonchev–Trinajstić information content (AvgIpc) is 3.06. The number of nitrogens with zero attached hydrogens (tertiary/aromatic N) is 2. The van der Waals surface area contributed by atoms with E-state index in [0.717, 1.165) is 12.0 Å². The predicted molar refractivity (Wildman–Crippen MR) is 100 cm³/mol. The molecule has 0 spiro atoms. The van der Waals surface area contributed by atoms with Crippen molar-refractivity contribution in [1.29, 1.82) is 0 Å². The molecule has 1 aromatic carbocycles. The van der Waals surface area contributed by atoms with Gasteiger partial charge in [0.15, 0.2) is 0 Å². The molecule has 2 aromatic rings. The van der Waals surface area contributed by atoms with E-state index in [1.54, 1.807) is 12.1 Å². The Morgan fingerprint density at radius 3 is 3.04 bits per heavy atom. The van der Waals surface area contributed by atoms with Crippen LogP contribution in [-0.2, 0) is 10.5 Å². The molecule has 7 heteroatoms. The normalized spacial score (nSPS) is 20.4. The fraction of sp³-hybridized carbons (Fsp3) is 0.500. The summed E-state index contributed by atoms with van der Waals surface area (Å²) in [5, 5.41) is 7.75. The lowest BCUT2D eigenvalue weighted by atomic mass is 9.86. The van der Waals surface area contributed by atoms with Crippen LogP contribution >= 0.6 is 23.4 Å². The van der Waals surface area contributed by atoms with Crippen LogP contribution in [0.3, 0.4) is 0 Å². The van der Waals surface area contributed by atoms with Crippen molar-refractivity contribution in [1.82, 2.24) is 15.5 Å². The van der Waals surface area contributed by atoms with E-state index in [4.69, 9.17) is 16.1 Å². The molecule has 3 rings (SSSR count). The minimum Gasteiger partial charge on any atom is -0.352 e. The van der Waals surface area contributed by atoms with Gasteiger partial charge < -0.3 is 9.84 Å². The molecule has 0 radical (unpaired) electrons. The minimum atomic E-state index is 0.0818. The number of rotatable bonds is 6. The summed E-state index contributed by atoms with van der Waals surface area (Å²) in [4.78, 5) is 16.5. The van der Waals surface area contributed by atoms with Gasteiger partial charge in [-0.05, 0) is 30.9 Å². The van der Waals surface area contributed by atoms with Gasteiger partial charge in [0, 0.05) is 16.6 Å². The van der Waals surface area contributed by atoms with Crippen molar-refractivity contribution in [2.75, 3.05) is 5.75 Å². The number of carbonyl (C=O) groups excluding carboxylic acids is 1. The van der Waals surface area contributed by atoms with Crippen LogP contribution in [0.25, 0.3) is 11.4 Å². The average molecular weight is 380 g/mol. The van der Waals surface area contributed by atoms with Gasteiger partial charge in [0.2, 0.25) is 17.6 Å². The summed E-state index contributed by atoms with van der Waals surface area (Å²) in [6, 6.07) is 7.64. The number of halogens is 1. The Hall–Kier alpha value is -1.53. The SMILES string of the molecule is CC1CCCCC1NC(=O)CSCc1nc(-c2cccc(Cl)c2)no1. The molecule has 5 nitrogen and oxygen atoms in total. The van der Waals surface area contributed by atoms with E-state index in [0.29, 0.717) is 40.2 Å². The van der Waals surface area contributed by atoms with Gasteiger partial charge in [-0.2, -0.15) is 4.98 Å². The van der Waals surface area contributed by atoms with Gasteiger partial charge in [0.25, 0.3) is 0 Å². The first-order valence-corrected chi connectivity index (χ1v) is 10.1. The number of aromatic nitrogens is 2. The van der Waals surface area contributed by atoms with Crippen molar-refractivity contribution in [2.24, 2.45) is 5.92 Å². The molecule has 134 valence electrons. The van der Waals surface area contributed by atoms with E-state index in [1.807, 2.05) is 12.1 Å². The van der Waals surface area contributed by atoms with Crippen LogP contribution in [0.4, 0.5) is 0 Å². The molecule has 1 aliphatic rings. The van der Waals surface area contributed by atoms with Gasteiger partial charge in [-0.25, -0.2) is 0 Å². The van der Waals surface area contributed by atoms with Crippen LogP contribution in [0.1, 0.15) is 38.5 Å². The van der Waals surface area contributed by atoms with Gasteiger partial charge in [-0.1, -0.05) is 48.7 Å². The molecule has 2 atom stereocenters. The quantitative estimate of drug-likeness (QED) is 0.809. The van der Waals surface area contributed by atoms with Crippen LogP contribution in [-0.4, -0.2) is 27.8 Å². The molecule has 1 saturated carbocycles. The zero-order valence-electron chi connectivity index (χ0n) is 14.2. The molecule has 0 bridgehead atoms. The summed E-state index contributed by atoms with van der Waals surface area (Å²) in [5.41, 5.74) is 0.816. The molecule has 1 amide bonds. The first kappa shape index (κ1) is 18.3. The Balaban J connectivity index is 1.45. The third kappa shape index (κ3) is 5.22. The first-order valence-electron chi connectivity index (χ1n) is 8.57. The third-order valence-electron chi connectivity index (χ3n) is 4.47. The van der Waals surface area contributed by atoms with E-state index >= 15 is 0 Å². The molecule has 1 aromatic heterocycles. The topological polar surface area (TPSA) is 68.0 Å². The summed E-state index contributed by atoms with van der Waals surface area (Å²) in [7, 11) is 0. The van der Waals surface area contributed by atoms with E-state index in [2.05, 4.69) is 22.4 Å². The van der Waals surface area contributed by atoms with Crippen LogP contribution in [0, 0.1) is 5.92 Å². The van der Waals surface area contributed by atoms with Crippen molar-refractivity contribution in [2.45, 2.75) is 44.4 Å². The largest absolute Gasteiger partial charge is 0.352 e. The van der Waals surface area contributed by atoms with Gasteiger partial charge >= 0.3 is 0 Å². The Morgan fingerprint density at radius 2 is 2.24 bits per heavy atom. The maximum atomic E-state index is 12.1. The molecule has 25 heavy (non-hydrogen) atoms. The van der Waals surface area contributed by atoms with Gasteiger partial charge in [0.05, 0.1) is 11.5 Å². The number of thioether (sulfide) groups is 1. The molecular weight excluding hydrogens is 358 g/mol. The van der Waals surface area contributed by atoms with E-state index in [-0.39, 0.29) is 5.91 Å². The summed E-state index contributed by atoms with van der Waals surface area (Å²) in [6.07, 6.45) is 4.77. The second-order valence-corrected chi connectivity index (χ2v) is 7.87.